The molecule has 12 nitrogen and oxygen atoms in total. The molecule has 0 spiro atoms. The van der Waals surface area contributed by atoms with Gasteiger partial charge in [-0.25, -0.2) is 0 Å². The van der Waals surface area contributed by atoms with Crippen LogP contribution < -0.4 is 20.1 Å². The number of hydrogen-bond acceptors (Lipinski definition) is 10. The highest BCUT2D eigenvalue weighted by atomic mass is 31.2. The molecule has 8 aromatic carbocycles. The molecule has 76 heavy (non-hydrogen) atoms. The average molecular weight is 1060 g/mol. The van der Waals surface area contributed by atoms with Gasteiger partial charge >= 0.3 is 15.2 Å². The predicted octanol–water partition coefficient (Wildman–Crippen LogP) is 11.3. The quantitative estimate of drug-likeness (QED) is 0.0555. The van der Waals surface area contributed by atoms with Crippen molar-refractivity contribution in [2.24, 2.45) is 0 Å². The zero-order valence-corrected chi connectivity index (χ0v) is 44.2. The van der Waals surface area contributed by atoms with Crippen LogP contribution >= 0.6 is 15.2 Å². The Hall–Kier alpha value is -6.50. The SMILES string of the molecule is COc1c(Cc2ccccc2)cccc1P(=O)(O)O[C@@H]1[C@@H](OCc2ccccc2)[C@H](OCc2ccccc2)[C@@H](OCc2ccccc2)[C@H](OCc2ccccc2)[C@@H]1OP(=O)(O)c1cccc(Cc2ccccc2)c1OC. The molecule has 0 amide bonds. The van der Waals surface area contributed by atoms with E-state index in [9.17, 15) is 9.79 Å². The van der Waals surface area contributed by atoms with Crippen molar-refractivity contribution in [3.8, 4) is 11.5 Å². The van der Waals surface area contributed by atoms with Crippen molar-refractivity contribution in [3.05, 3.63) is 263 Å². The van der Waals surface area contributed by atoms with Crippen molar-refractivity contribution in [2.45, 2.75) is 75.9 Å². The lowest BCUT2D eigenvalue weighted by atomic mass is 9.84. The summed E-state index contributed by atoms with van der Waals surface area (Å²) in [7, 11) is -7.32. The van der Waals surface area contributed by atoms with Crippen LogP contribution in [-0.4, -0.2) is 60.6 Å². The van der Waals surface area contributed by atoms with E-state index in [-0.39, 0.29) is 48.5 Å². The molecular formula is C62H62O12P2. The Balaban J connectivity index is 1.22. The molecule has 0 saturated heterocycles. The second-order valence-corrected chi connectivity index (χ2v) is 22.0. The molecule has 2 unspecified atom stereocenters. The van der Waals surface area contributed by atoms with Crippen LogP contribution in [0.1, 0.15) is 44.5 Å². The Morgan fingerprint density at radius 3 is 0.842 bits per heavy atom. The molecule has 0 aliphatic heterocycles. The van der Waals surface area contributed by atoms with Crippen LogP contribution in [0, 0.1) is 0 Å². The molecule has 1 saturated carbocycles. The first kappa shape index (κ1) is 54.3. The van der Waals surface area contributed by atoms with Gasteiger partial charge in [0.1, 0.15) is 58.7 Å². The smallest absolute Gasteiger partial charge is 0.362 e. The molecule has 1 aliphatic rings. The fourth-order valence-corrected chi connectivity index (χ4v) is 12.5. The zero-order chi connectivity index (χ0) is 52.7. The van der Waals surface area contributed by atoms with Gasteiger partial charge in [-0.15, -0.1) is 0 Å². The Labute approximate surface area is 444 Å². The Kier molecular flexibility index (Phi) is 18.6. The summed E-state index contributed by atoms with van der Waals surface area (Å²) in [4.78, 5) is 25.4. The van der Waals surface area contributed by atoms with E-state index >= 15 is 9.13 Å². The summed E-state index contributed by atoms with van der Waals surface area (Å²) in [5, 5.41) is -0.283. The zero-order valence-electron chi connectivity index (χ0n) is 42.4. The molecule has 1 aliphatic carbocycles. The molecule has 0 aromatic heterocycles. The molecule has 8 aromatic rings. The van der Waals surface area contributed by atoms with Gasteiger partial charge in [-0.1, -0.05) is 206 Å². The van der Waals surface area contributed by atoms with Gasteiger partial charge < -0.3 is 38.2 Å². The predicted molar refractivity (Wildman–Crippen MR) is 293 cm³/mol. The fourth-order valence-electron chi connectivity index (χ4n) is 9.60. The first-order chi connectivity index (χ1) is 37.1. The van der Waals surface area contributed by atoms with Crippen molar-refractivity contribution >= 4 is 25.8 Å². The summed E-state index contributed by atoms with van der Waals surface area (Å²) in [5.41, 5.74) is 6.31. The standard InChI is InChI=1S/C62H62O12P2/c1-67-55-51(39-45-23-9-3-10-24-45)35-21-37-53(55)75(63,64)73-61-59(71-43-49-31-17-7-18-32-49)57(69-41-47-27-13-5-14-28-47)58(70-42-48-29-15-6-16-30-48)60(72-44-50-33-19-8-20-34-50)62(61)74-76(65,66)54-38-22-36-52(56(54)68-2)40-46-25-11-4-12-26-46/h3-38,57-62H,39-44H2,1-2H3,(H,63,64)(H,65,66)/t57-,58-,59+,60+,61-,62+/m1/s1. The number of methoxy groups -OCH3 is 2. The summed E-state index contributed by atoms with van der Waals surface area (Å²) in [6.45, 7) is 0.00708. The lowest BCUT2D eigenvalue weighted by molar-refractivity contribution is -0.265. The maximum atomic E-state index is 15.6. The van der Waals surface area contributed by atoms with Gasteiger partial charge in [0.15, 0.2) is 0 Å². The Morgan fingerprint density at radius 1 is 0.329 bits per heavy atom. The third-order valence-corrected chi connectivity index (χ3v) is 16.2. The largest absolute Gasteiger partial charge is 0.495 e. The lowest BCUT2D eigenvalue weighted by Gasteiger charge is -2.50. The normalized spacial score (nSPS) is 20.0. The van der Waals surface area contributed by atoms with E-state index in [1.54, 1.807) is 12.1 Å². The van der Waals surface area contributed by atoms with E-state index in [2.05, 4.69) is 0 Å². The Morgan fingerprint density at radius 2 is 0.579 bits per heavy atom. The molecule has 2 N–H and O–H groups in total. The van der Waals surface area contributed by atoms with Crippen LogP contribution in [-0.2, 0) is 76.4 Å². The topological polar surface area (TPSA) is 148 Å². The van der Waals surface area contributed by atoms with Gasteiger partial charge in [0, 0.05) is 12.8 Å². The van der Waals surface area contributed by atoms with Crippen LogP contribution in [0.3, 0.4) is 0 Å². The van der Waals surface area contributed by atoms with E-state index in [4.69, 9.17) is 37.5 Å². The minimum atomic E-state index is -5.09. The van der Waals surface area contributed by atoms with Crippen LogP contribution in [0.25, 0.3) is 0 Å². The fraction of sp³-hybridized carbons (Fsp3) is 0.226. The summed E-state index contributed by atoms with van der Waals surface area (Å²) >= 11 is 0. The summed E-state index contributed by atoms with van der Waals surface area (Å²) in [6, 6.07) is 67.2. The van der Waals surface area contributed by atoms with Gasteiger partial charge in [0.05, 0.1) is 40.6 Å². The molecule has 0 bridgehead atoms. The van der Waals surface area contributed by atoms with Crippen molar-refractivity contribution in [1.82, 2.24) is 0 Å². The molecule has 9 rings (SSSR count). The Bertz CT molecular complexity index is 2940. The van der Waals surface area contributed by atoms with E-state index in [0.717, 1.165) is 33.4 Å². The van der Waals surface area contributed by atoms with Crippen molar-refractivity contribution in [3.63, 3.8) is 0 Å². The van der Waals surface area contributed by atoms with Crippen molar-refractivity contribution < 1.29 is 56.4 Å². The van der Waals surface area contributed by atoms with E-state index in [1.807, 2.05) is 194 Å². The maximum absolute atomic E-state index is 15.6. The van der Waals surface area contributed by atoms with Crippen LogP contribution in [0.5, 0.6) is 11.5 Å². The van der Waals surface area contributed by atoms with Crippen molar-refractivity contribution in [2.75, 3.05) is 14.2 Å². The van der Waals surface area contributed by atoms with Crippen LogP contribution in [0.4, 0.5) is 0 Å². The molecule has 0 heterocycles. The van der Waals surface area contributed by atoms with Gasteiger partial charge in [0.25, 0.3) is 0 Å². The van der Waals surface area contributed by atoms with E-state index in [1.165, 1.54) is 26.4 Å². The number of ether oxygens (including phenoxy) is 6. The number of hydrogen-bond donors (Lipinski definition) is 2. The number of rotatable bonds is 24. The van der Waals surface area contributed by atoms with Gasteiger partial charge in [0.2, 0.25) is 0 Å². The molecule has 8 atom stereocenters. The highest BCUT2D eigenvalue weighted by Gasteiger charge is 2.59. The molecule has 14 heteroatoms. The van der Waals surface area contributed by atoms with Crippen LogP contribution in [0.15, 0.2) is 218 Å². The monoisotopic (exact) mass is 1060 g/mol. The number of benzene rings is 8. The first-order valence-electron chi connectivity index (χ1n) is 25.2. The van der Waals surface area contributed by atoms with Gasteiger partial charge in [-0.3, -0.25) is 18.2 Å². The van der Waals surface area contributed by atoms with E-state index in [0.29, 0.717) is 24.0 Å². The average Bonchev–Trinajstić information content (AvgIpc) is 3.46. The highest BCUT2D eigenvalue weighted by Crippen LogP contribution is 2.54. The summed E-state index contributed by atoms with van der Waals surface area (Å²) in [5.74, 6) is 0.274. The van der Waals surface area contributed by atoms with Gasteiger partial charge in [-0.05, 0) is 56.6 Å². The second kappa shape index (κ2) is 26.0. The molecule has 1 fully saturated rings. The second-order valence-electron chi connectivity index (χ2n) is 18.5. The maximum Gasteiger partial charge on any atom is 0.362 e. The summed E-state index contributed by atoms with van der Waals surface area (Å²) in [6.07, 6.45) is -7.64. The van der Waals surface area contributed by atoms with Gasteiger partial charge in [-0.2, -0.15) is 0 Å². The lowest BCUT2D eigenvalue weighted by Crippen LogP contribution is -2.67. The third kappa shape index (κ3) is 13.7. The third-order valence-electron chi connectivity index (χ3n) is 13.3. The molecular weight excluding hydrogens is 999 g/mol. The highest BCUT2D eigenvalue weighted by molar-refractivity contribution is 7.62. The number of para-hydroxylation sites is 2. The molecule has 0 radical (unpaired) electrons. The minimum Gasteiger partial charge on any atom is -0.495 e. The summed E-state index contributed by atoms with van der Waals surface area (Å²) < 4.78 is 84.6. The van der Waals surface area contributed by atoms with E-state index < -0.39 is 51.8 Å². The van der Waals surface area contributed by atoms with Crippen LogP contribution in [0.2, 0.25) is 0 Å². The minimum absolute atomic E-state index is 0.0397. The van der Waals surface area contributed by atoms with Crippen molar-refractivity contribution in [1.29, 1.82) is 0 Å². The molecule has 392 valence electrons. The first-order valence-corrected chi connectivity index (χ1v) is 28.3.